The van der Waals surface area contributed by atoms with Gasteiger partial charge < -0.3 is 25.1 Å². The summed E-state index contributed by atoms with van der Waals surface area (Å²) in [5.41, 5.74) is 10.2. The highest BCUT2D eigenvalue weighted by Gasteiger charge is 2.22. The summed E-state index contributed by atoms with van der Waals surface area (Å²) in [5, 5.41) is 7.71. The number of aromatic amines is 1. The number of hydrogen-bond acceptors (Lipinski definition) is 5. The van der Waals surface area contributed by atoms with Gasteiger partial charge in [0.25, 0.3) is 0 Å². The number of nitrogens with one attached hydrogen (secondary N) is 2. The van der Waals surface area contributed by atoms with Crippen molar-refractivity contribution in [3.63, 3.8) is 0 Å². The molecule has 0 saturated carbocycles. The van der Waals surface area contributed by atoms with E-state index in [1.807, 2.05) is 43.9 Å². The minimum atomic E-state index is -0.493. The van der Waals surface area contributed by atoms with Gasteiger partial charge in [0.2, 0.25) is 0 Å². The van der Waals surface area contributed by atoms with Crippen LogP contribution in [0.2, 0.25) is 0 Å². The van der Waals surface area contributed by atoms with Crippen LogP contribution in [-0.2, 0) is 13.0 Å². The van der Waals surface area contributed by atoms with Crippen LogP contribution in [-0.4, -0.2) is 28.5 Å². The summed E-state index contributed by atoms with van der Waals surface area (Å²) in [5.74, 6) is 0.781. The van der Waals surface area contributed by atoms with Gasteiger partial charge in [-0.3, -0.25) is 5.41 Å². The van der Waals surface area contributed by atoms with Crippen molar-refractivity contribution in [2.24, 2.45) is 5.73 Å². The van der Waals surface area contributed by atoms with E-state index in [4.69, 9.17) is 25.6 Å². The first-order valence-electron chi connectivity index (χ1n) is 12.1. The number of hydrogen-bond donors (Lipinski definition) is 3. The summed E-state index contributed by atoms with van der Waals surface area (Å²) >= 11 is 0. The molecule has 1 heterocycles. The molecule has 0 radical (unpaired) electrons. The van der Waals surface area contributed by atoms with Crippen LogP contribution in [0.3, 0.4) is 0 Å². The van der Waals surface area contributed by atoms with Crippen LogP contribution in [0.5, 0.6) is 11.5 Å². The van der Waals surface area contributed by atoms with Crippen molar-refractivity contribution >= 4 is 28.2 Å². The molecule has 188 valence electrons. The zero-order valence-corrected chi connectivity index (χ0v) is 21.1. The Morgan fingerprint density at radius 2 is 1.86 bits per heavy atom. The smallest absolute Gasteiger partial charge is 0.188 e. The number of nitrogens with two attached hydrogens (primary N) is 1. The number of rotatable bonds is 10. The van der Waals surface area contributed by atoms with Crippen LogP contribution >= 0.6 is 0 Å². The van der Waals surface area contributed by atoms with Gasteiger partial charge in [-0.15, -0.1) is 0 Å². The van der Waals surface area contributed by atoms with E-state index in [9.17, 15) is 0 Å². The van der Waals surface area contributed by atoms with Crippen LogP contribution in [0.25, 0.3) is 11.0 Å². The molecule has 0 aliphatic carbocycles. The maximum Gasteiger partial charge on any atom is 0.188 e. The number of ether oxygens (including phenoxy) is 2. The van der Waals surface area contributed by atoms with E-state index in [2.05, 4.69) is 24.0 Å². The summed E-state index contributed by atoms with van der Waals surface area (Å²) < 4.78 is 27.4. The molecule has 0 unspecified atom stereocenters. The molecule has 0 saturated heterocycles. The lowest BCUT2D eigenvalue weighted by molar-refractivity contribution is 0.229. The van der Waals surface area contributed by atoms with Crippen molar-refractivity contribution < 1.29 is 13.9 Å². The second-order valence-corrected chi connectivity index (χ2v) is 8.79. The third kappa shape index (κ3) is 5.43. The van der Waals surface area contributed by atoms with E-state index in [1.165, 1.54) is 5.56 Å². The van der Waals surface area contributed by atoms with Gasteiger partial charge in [-0.05, 0) is 69.2 Å². The average Bonchev–Trinajstić information content (AvgIpc) is 3.26. The molecule has 3 aromatic carbocycles. The van der Waals surface area contributed by atoms with Gasteiger partial charge in [-0.25, -0.2) is 9.37 Å². The predicted octanol–water partition coefficient (Wildman–Crippen LogP) is 6.07. The number of anilines is 2. The quantitative estimate of drug-likeness (QED) is 0.185. The minimum Gasteiger partial charge on any atom is -0.494 e. The standard InChI is InChI=1S/C28H32FN5O2/c1-5-18-7-12-22-23(13-18)33-26(32-22)16-34(20-10-8-19(9-11-20)28(30)31)24-14-21(35-6-2)15-25(27(24)29)36-17(3)4/h7-15,17H,5-6,16H2,1-4H3,(H3,30,31)(H,32,33). The van der Waals surface area contributed by atoms with Crippen molar-refractivity contribution in [3.8, 4) is 11.5 Å². The minimum absolute atomic E-state index is 0.0331. The number of halogens is 1. The summed E-state index contributed by atoms with van der Waals surface area (Å²) in [4.78, 5) is 9.95. The number of benzene rings is 3. The Morgan fingerprint density at radius 1 is 1.11 bits per heavy atom. The van der Waals surface area contributed by atoms with E-state index in [-0.39, 0.29) is 24.2 Å². The molecule has 0 amide bonds. The van der Waals surface area contributed by atoms with Crippen LogP contribution in [0.4, 0.5) is 15.8 Å². The second-order valence-electron chi connectivity index (χ2n) is 8.79. The zero-order chi connectivity index (χ0) is 25.8. The lowest BCUT2D eigenvalue weighted by Crippen LogP contribution is -2.20. The Labute approximate surface area is 210 Å². The van der Waals surface area contributed by atoms with E-state index < -0.39 is 5.82 Å². The Balaban J connectivity index is 1.83. The van der Waals surface area contributed by atoms with Gasteiger partial charge in [0, 0.05) is 23.4 Å². The van der Waals surface area contributed by atoms with Gasteiger partial charge >= 0.3 is 0 Å². The Hall–Kier alpha value is -4.07. The van der Waals surface area contributed by atoms with E-state index >= 15 is 4.39 Å². The van der Waals surface area contributed by atoms with Crippen LogP contribution in [0.15, 0.2) is 54.6 Å². The second kappa shape index (κ2) is 10.7. The molecule has 0 spiro atoms. The molecule has 7 nitrogen and oxygen atoms in total. The lowest BCUT2D eigenvalue weighted by Gasteiger charge is -2.26. The molecule has 36 heavy (non-hydrogen) atoms. The normalized spacial score (nSPS) is 11.2. The number of fused-ring (bicyclic) bond motifs is 1. The predicted molar refractivity (Wildman–Crippen MR) is 142 cm³/mol. The summed E-state index contributed by atoms with van der Waals surface area (Å²) in [6, 6.07) is 16.5. The van der Waals surface area contributed by atoms with Gasteiger partial charge in [0.15, 0.2) is 11.6 Å². The van der Waals surface area contributed by atoms with Gasteiger partial charge in [-0.1, -0.05) is 13.0 Å². The maximum absolute atomic E-state index is 15.9. The fourth-order valence-corrected chi connectivity index (χ4v) is 4.03. The highest BCUT2D eigenvalue weighted by molar-refractivity contribution is 5.95. The Morgan fingerprint density at radius 3 is 2.50 bits per heavy atom. The number of H-pyrrole nitrogens is 1. The Bertz CT molecular complexity index is 1360. The van der Waals surface area contributed by atoms with E-state index in [0.29, 0.717) is 35.1 Å². The fraction of sp³-hybridized carbons (Fsp3) is 0.286. The molecule has 0 atom stereocenters. The molecule has 4 N–H and O–H groups in total. The Kier molecular flexibility index (Phi) is 7.43. The third-order valence-corrected chi connectivity index (χ3v) is 5.76. The topological polar surface area (TPSA) is 100 Å². The highest BCUT2D eigenvalue weighted by atomic mass is 19.1. The summed E-state index contributed by atoms with van der Waals surface area (Å²) in [6.45, 7) is 8.38. The van der Waals surface area contributed by atoms with Crippen LogP contribution < -0.4 is 20.1 Å². The monoisotopic (exact) mass is 489 g/mol. The van der Waals surface area contributed by atoms with Crippen molar-refractivity contribution in [2.45, 2.75) is 46.8 Å². The lowest BCUT2D eigenvalue weighted by atomic mass is 10.1. The van der Waals surface area contributed by atoms with Crippen molar-refractivity contribution in [3.05, 3.63) is 77.4 Å². The van der Waals surface area contributed by atoms with Gasteiger partial charge in [0.1, 0.15) is 17.4 Å². The fourth-order valence-electron chi connectivity index (χ4n) is 4.03. The number of nitrogen functional groups attached to an aromatic ring is 1. The SMILES string of the molecule is CCOc1cc(OC(C)C)c(F)c(N(Cc2nc3cc(CC)ccc3[nH]2)c2ccc(C(=N)N)cc2)c1. The molecule has 4 aromatic rings. The molecule has 0 aliphatic rings. The van der Waals surface area contributed by atoms with Crippen molar-refractivity contribution in [2.75, 3.05) is 11.5 Å². The largest absolute Gasteiger partial charge is 0.494 e. The summed E-state index contributed by atoms with van der Waals surface area (Å²) in [6.07, 6.45) is 0.705. The van der Waals surface area contributed by atoms with Crippen LogP contribution in [0, 0.1) is 11.2 Å². The molecule has 1 aromatic heterocycles. The van der Waals surface area contributed by atoms with Gasteiger partial charge in [-0.2, -0.15) is 0 Å². The van der Waals surface area contributed by atoms with Crippen LogP contribution in [0.1, 0.15) is 44.6 Å². The van der Waals surface area contributed by atoms with Crippen molar-refractivity contribution in [1.29, 1.82) is 5.41 Å². The van der Waals surface area contributed by atoms with E-state index in [0.717, 1.165) is 17.5 Å². The average molecular weight is 490 g/mol. The molecule has 0 fully saturated rings. The number of amidine groups is 1. The number of aryl methyl sites for hydroxylation is 1. The molecular formula is C28H32FN5O2. The maximum atomic E-state index is 15.9. The van der Waals surface area contributed by atoms with E-state index in [1.54, 1.807) is 24.3 Å². The molecule has 8 heteroatoms. The highest BCUT2D eigenvalue weighted by Crippen LogP contribution is 2.38. The third-order valence-electron chi connectivity index (χ3n) is 5.76. The van der Waals surface area contributed by atoms with Crippen molar-refractivity contribution in [1.82, 2.24) is 9.97 Å². The number of aromatic nitrogens is 2. The number of nitrogens with zero attached hydrogens (tertiary/aromatic N) is 2. The van der Waals surface area contributed by atoms with Gasteiger partial charge in [0.05, 0.1) is 36.0 Å². The number of imidazole rings is 1. The molecule has 0 aliphatic heterocycles. The molecule has 0 bridgehead atoms. The first-order valence-corrected chi connectivity index (χ1v) is 12.1. The first kappa shape index (κ1) is 25.0. The molecule has 4 rings (SSSR count). The first-order chi connectivity index (χ1) is 17.3. The zero-order valence-electron chi connectivity index (χ0n) is 21.1. The molecular weight excluding hydrogens is 457 g/mol. The summed E-state index contributed by atoms with van der Waals surface area (Å²) in [7, 11) is 0.